The maximum Gasteiger partial charge on any atom is 0.301 e. The van der Waals surface area contributed by atoms with Crippen LogP contribution in [0.5, 0.6) is 23.0 Å². The number of aliphatic hydroxyl groups excluding tert-OH is 1. The van der Waals surface area contributed by atoms with Gasteiger partial charge in [0.1, 0.15) is 23.3 Å². The van der Waals surface area contributed by atoms with Gasteiger partial charge in [-0.1, -0.05) is 23.5 Å². The molecule has 2 heterocycles. The second-order valence-electron chi connectivity index (χ2n) is 8.54. The maximum absolute atomic E-state index is 13.6. The number of methoxy groups -OCH3 is 3. The van der Waals surface area contributed by atoms with Gasteiger partial charge in [0.05, 0.1) is 43.7 Å². The van der Waals surface area contributed by atoms with Gasteiger partial charge in [-0.05, 0) is 55.5 Å². The second kappa shape index (κ2) is 10.7. The van der Waals surface area contributed by atoms with Crippen molar-refractivity contribution >= 4 is 44.1 Å². The van der Waals surface area contributed by atoms with E-state index in [1.807, 2.05) is 13.0 Å². The third kappa shape index (κ3) is 4.52. The summed E-state index contributed by atoms with van der Waals surface area (Å²) in [4.78, 5) is 33.1. The average Bonchev–Trinajstić information content (AvgIpc) is 3.49. The predicted molar refractivity (Wildman–Crippen MR) is 148 cm³/mol. The van der Waals surface area contributed by atoms with Crippen LogP contribution < -0.4 is 23.8 Å². The highest BCUT2D eigenvalue weighted by Gasteiger charge is 2.49. The lowest BCUT2D eigenvalue weighted by atomic mass is 9.94. The quantitative estimate of drug-likeness (QED) is 0.179. The molecule has 0 bridgehead atoms. The molecule has 4 aromatic rings. The number of ether oxygens (including phenoxy) is 4. The van der Waals surface area contributed by atoms with E-state index in [0.29, 0.717) is 51.4 Å². The number of anilines is 1. The van der Waals surface area contributed by atoms with E-state index in [4.69, 9.17) is 18.9 Å². The van der Waals surface area contributed by atoms with E-state index in [2.05, 4.69) is 4.98 Å². The lowest BCUT2D eigenvalue weighted by molar-refractivity contribution is -0.132. The molecular formula is C29H26N2O7S. The van der Waals surface area contributed by atoms with Crippen LogP contribution in [-0.4, -0.2) is 49.7 Å². The number of aliphatic hydroxyl groups is 1. The lowest BCUT2D eigenvalue weighted by Crippen LogP contribution is -2.29. The first-order valence-corrected chi connectivity index (χ1v) is 12.9. The lowest BCUT2D eigenvalue weighted by Gasteiger charge is -2.25. The van der Waals surface area contributed by atoms with E-state index < -0.39 is 17.7 Å². The molecular weight excluding hydrogens is 520 g/mol. The van der Waals surface area contributed by atoms with Crippen molar-refractivity contribution in [2.45, 2.75) is 13.0 Å². The van der Waals surface area contributed by atoms with Crippen molar-refractivity contribution in [3.63, 3.8) is 0 Å². The number of rotatable bonds is 8. The SMILES string of the molecule is CCOc1ccc(/C(O)=C2\C(=O)C(=O)N(c3nc4ccc(OC)cc4s3)C2c2cccc(OC)c2OC)cc1. The Hall–Kier alpha value is -4.57. The zero-order chi connectivity index (χ0) is 27.7. The van der Waals surface area contributed by atoms with Crippen molar-refractivity contribution in [2.75, 3.05) is 32.8 Å². The molecule has 1 atom stereocenters. The molecule has 200 valence electrons. The molecule has 0 saturated carbocycles. The number of hydrogen-bond donors (Lipinski definition) is 1. The van der Waals surface area contributed by atoms with Crippen molar-refractivity contribution in [3.8, 4) is 23.0 Å². The van der Waals surface area contributed by atoms with Crippen LogP contribution in [0.3, 0.4) is 0 Å². The van der Waals surface area contributed by atoms with E-state index in [9.17, 15) is 14.7 Å². The van der Waals surface area contributed by atoms with E-state index in [0.717, 1.165) is 4.70 Å². The molecule has 0 spiro atoms. The Morgan fingerprint density at radius 2 is 1.72 bits per heavy atom. The van der Waals surface area contributed by atoms with Gasteiger partial charge in [-0.3, -0.25) is 14.5 Å². The highest BCUT2D eigenvalue weighted by molar-refractivity contribution is 7.22. The molecule has 1 unspecified atom stereocenters. The largest absolute Gasteiger partial charge is 0.507 e. The fourth-order valence-corrected chi connectivity index (χ4v) is 5.63. The van der Waals surface area contributed by atoms with Crippen LogP contribution in [0, 0.1) is 0 Å². The van der Waals surface area contributed by atoms with Gasteiger partial charge < -0.3 is 24.1 Å². The number of para-hydroxylation sites is 1. The Balaban J connectivity index is 1.74. The molecule has 1 N–H and O–H groups in total. The standard InChI is InChI=1S/C29H26N2O7S/c1-5-38-17-11-9-16(10-12-17)25(32)23-24(19-7-6-8-21(36-3)27(19)37-4)31(28(34)26(23)33)29-30-20-14-13-18(35-2)15-22(20)39-29/h6-15,24,32H,5H2,1-4H3/b25-23+. The first kappa shape index (κ1) is 26.1. The zero-order valence-corrected chi connectivity index (χ0v) is 22.6. The fraction of sp³-hybridized carbons (Fsp3) is 0.207. The fourth-order valence-electron chi connectivity index (χ4n) is 4.61. The number of benzene rings is 3. The summed E-state index contributed by atoms with van der Waals surface area (Å²) >= 11 is 1.24. The molecule has 1 aromatic heterocycles. The van der Waals surface area contributed by atoms with E-state index >= 15 is 0 Å². The summed E-state index contributed by atoms with van der Waals surface area (Å²) in [6.07, 6.45) is 0. The van der Waals surface area contributed by atoms with Crippen LogP contribution in [0.15, 0.2) is 66.2 Å². The molecule has 1 amide bonds. The van der Waals surface area contributed by atoms with Gasteiger partial charge in [0.2, 0.25) is 0 Å². The number of amides is 1. The van der Waals surface area contributed by atoms with Crippen molar-refractivity contribution in [2.24, 2.45) is 0 Å². The third-order valence-corrected chi connectivity index (χ3v) is 7.42. The van der Waals surface area contributed by atoms with Gasteiger partial charge in [0.25, 0.3) is 5.78 Å². The summed E-state index contributed by atoms with van der Waals surface area (Å²) in [5.74, 6) is 0.0210. The van der Waals surface area contributed by atoms with Gasteiger partial charge in [-0.15, -0.1) is 0 Å². The molecule has 1 saturated heterocycles. The average molecular weight is 547 g/mol. The van der Waals surface area contributed by atoms with Crippen molar-refractivity contribution < 1.29 is 33.6 Å². The van der Waals surface area contributed by atoms with E-state index in [1.54, 1.807) is 61.7 Å². The number of ketones is 1. The molecule has 0 radical (unpaired) electrons. The molecule has 9 nitrogen and oxygen atoms in total. The van der Waals surface area contributed by atoms with Gasteiger partial charge in [-0.25, -0.2) is 4.98 Å². The van der Waals surface area contributed by atoms with Crippen molar-refractivity contribution in [1.82, 2.24) is 4.98 Å². The number of carbonyl (C=O) groups excluding carboxylic acids is 2. The van der Waals surface area contributed by atoms with Gasteiger partial charge >= 0.3 is 5.91 Å². The summed E-state index contributed by atoms with van der Waals surface area (Å²) in [6.45, 7) is 2.36. The predicted octanol–water partition coefficient (Wildman–Crippen LogP) is 5.35. The van der Waals surface area contributed by atoms with Crippen LogP contribution in [0.2, 0.25) is 0 Å². The molecule has 0 aliphatic carbocycles. The Morgan fingerprint density at radius 1 is 0.974 bits per heavy atom. The highest BCUT2D eigenvalue weighted by Crippen LogP contribution is 2.48. The van der Waals surface area contributed by atoms with Gasteiger partial charge in [0, 0.05) is 11.1 Å². The second-order valence-corrected chi connectivity index (χ2v) is 9.55. The summed E-state index contributed by atoms with van der Waals surface area (Å²) in [7, 11) is 4.54. The number of carbonyl (C=O) groups is 2. The smallest absolute Gasteiger partial charge is 0.301 e. The monoisotopic (exact) mass is 546 g/mol. The van der Waals surface area contributed by atoms with Crippen molar-refractivity contribution in [1.29, 1.82) is 0 Å². The first-order chi connectivity index (χ1) is 18.9. The van der Waals surface area contributed by atoms with Crippen LogP contribution >= 0.6 is 11.3 Å². The summed E-state index contributed by atoms with van der Waals surface area (Å²) in [5.41, 5.74) is 1.37. The van der Waals surface area contributed by atoms with Crippen LogP contribution in [0.25, 0.3) is 16.0 Å². The Labute approximate surface area is 228 Å². The van der Waals surface area contributed by atoms with Crippen molar-refractivity contribution in [3.05, 3.63) is 77.4 Å². The van der Waals surface area contributed by atoms with Crippen LogP contribution in [0.1, 0.15) is 24.1 Å². The Morgan fingerprint density at radius 3 is 2.38 bits per heavy atom. The molecule has 1 aliphatic rings. The number of hydrogen-bond acceptors (Lipinski definition) is 9. The van der Waals surface area contributed by atoms with E-state index in [1.165, 1.54) is 30.5 Å². The minimum Gasteiger partial charge on any atom is -0.507 e. The topological polar surface area (TPSA) is 107 Å². The third-order valence-electron chi connectivity index (χ3n) is 6.40. The molecule has 1 aliphatic heterocycles. The summed E-state index contributed by atoms with van der Waals surface area (Å²) in [6, 6.07) is 16.2. The summed E-state index contributed by atoms with van der Waals surface area (Å²) in [5, 5.41) is 11.7. The normalized spacial score (nSPS) is 16.5. The number of nitrogens with zero attached hydrogens (tertiary/aromatic N) is 2. The molecule has 39 heavy (non-hydrogen) atoms. The van der Waals surface area contributed by atoms with Gasteiger partial charge in [0.15, 0.2) is 16.6 Å². The Kier molecular flexibility index (Phi) is 7.12. The van der Waals surface area contributed by atoms with Crippen LogP contribution in [-0.2, 0) is 9.59 Å². The zero-order valence-electron chi connectivity index (χ0n) is 21.8. The number of fused-ring (bicyclic) bond motifs is 1. The molecule has 3 aromatic carbocycles. The molecule has 5 rings (SSSR count). The maximum atomic E-state index is 13.6. The first-order valence-electron chi connectivity index (χ1n) is 12.1. The van der Waals surface area contributed by atoms with Crippen LogP contribution in [0.4, 0.5) is 5.13 Å². The summed E-state index contributed by atoms with van der Waals surface area (Å²) < 4.78 is 22.8. The Bertz CT molecular complexity index is 1590. The minimum atomic E-state index is -1.04. The molecule has 1 fully saturated rings. The molecule has 10 heteroatoms. The van der Waals surface area contributed by atoms with E-state index in [-0.39, 0.29) is 11.3 Å². The highest BCUT2D eigenvalue weighted by atomic mass is 32.1. The minimum absolute atomic E-state index is 0.0902. The van der Waals surface area contributed by atoms with Gasteiger partial charge in [-0.2, -0.15) is 0 Å². The number of thiazole rings is 1. The number of aromatic nitrogens is 1. The number of Topliss-reactive ketones (excluding diaryl/α,β-unsaturated/α-hetero) is 1.